The van der Waals surface area contributed by atoms with Crippen LogP contribution in [-0.2, 0) is 0 Å². The van der Waals surface area contributed by atoms with Crippen molar-refractivity contribution in [2.24, 2.45) is 0 Å². The first-order chi connectivity index (χ1) is 7.18. The number of rotatable bonds is 1. The SMILES string of the molecule is Cc1cnc(-c2ccccc2F)c(I)c1. The molecule has 1 heterocycles. The second-order valence-corrected chi connectivity index (χ2v) is 4.49. The summed E-state index contributed by atoms with van der Waals surface area (Å²) >= 11 is 2.18. The van der Waals surface area contributed by atoms with Gasteiger partial charge in [0.25, 0.3) is 0 Å². The fraction of sp³-hybridized carbons (Fsp3) is 0.0833. The molecule has 0 spiro atoms. The molecule has 0 atom stereocenters. The molecule has 2 rings (SSSR count). The van der Waals surface area contributed by atoms with Crippen LogP contribution in [0.1, 0.15) is 5.56 Å². The molecule has 0 bridgehead atoms. The van der Waals surface area contributed by atoms with Gasteiger partial charge in [-0.1, -0.05) is 12.1 Å². The molecule has 3 heteroatoms. The summed E-state index contributed by atoms with van der Waals surface area (Å²) in [4.78, 5) is 4.26. The first kappa shape index (κ1) is 10.5. The Hall–Kier alpha value is -0.970. The van der Waals surface area contributed by atoms with E-state index >= 15 is 0 Å². The van der Waals surface area contributed by atoms with Crippen LogP contribution in [0.15, 0.2) is 36.5 Å². The third kappa shape index (κ3) is 2.17. The van der Waals surface area contributed by atoms with Crippen molar-refractivity contribution in [2.45, 2.75) is 6.92 Å². The maximum absolute atomic E-state index is 13.5. The summed E-state index contributed by atoms with van der Waals surface area (Å²) in [6, 6.07) is 8.69. The van der Waals surface area contributed by atoms with Gasteiger partial charge in [0.05, 0.1) is 5.69 Å². The molecule has 0 amide bonds. The van der Waals surface area contributed by atoms with Crippen molar-refractivity contribution in [3.63, 3.8) is 0 Å². The highest BCUT2D eigenvalue weighted by Crippen LogP contribution is 2.25. The zero-order chi connectivity index (χ0) is 10.8. The molecule has 0 saturated heterocycles. The Labute approximate surface area is 102 Å². The fourth-order valence-electron chi connectivity index (χ4n) is 1.38. The van der Waals surface area contributed by atoms with E-state index in [1.807, 2.05) is 19.1 Å². The average Bonchev–Trinajstić information content (AvgIpc) is 2.20. The van der Waals surface area contributed by atoms with Gasteiger partial charge in [0, 0.05) is 15.3 Å². The monoisotopic (exact) mass is 313 g/mol. The first-order valence-electron chi connectivity index (χ1n) is 4.55. The molecule has 76 valence electrons. The summed E-state index contributed by atoms with van der Waals surface area (Å²) in [7, 11) is 0. The lowest BCUT2D eigenvalue weighted by Gasteiger charge is -2.05. The van der Waals surface area contributed by atoms with E-state index in [1.165, 1.54) is 6.07 Å². The first-order valence-corrected chi connectivity index (χ1v) is 5.63. The maximum Gasteiger partial charge on any atom is 0.132 e. The molecule has 0 aliphatic rings. The van der Waals surface area contributed by atoms with E-state index in [-0.39, 0.29) is 5.82 Å². The van der Waals surface area contributed by atoms with E-state index < -0.39 is 0 Å². The minimum Gasteiger partial charge on any atom is -0.255 e. The van der Waals surface area contributed by atoms with Crippen LogP contribution in [0.2, 0.25) is 0 Å². The van der Waals surface area contributed by atoms with E-state index in [1.54, 1.807) is 18.3 Å². The molecule has 15 heavy (non-hydrogen) atoms. The average molecular weight is 313 g/mol. The minimum atomic E-state index is -0.230. The normalized spacial score (nSPS) is 10.3. The number of aromatic nitrogens is 1. The van der Waals surface area contributed by atoms with E-state index in [2.05, 4.69) is 27.6 Å². The Balaban J connectivity index is 2.60. The molecule has 1 aromatic heterocycles. The van der Waals surface area contributed by atoms with Crippen LogP contribution < -0.4 is 0 Å². The molecule has 0 saturated carbocycles. The number of pyridine rings is 1. The number of benzene rings is 1. The van der Waals surface area contributed by atoms with Crippen molar-refractivity contribution in [1.82, 2.24) is 4.98 Å². The molecule has 0 fully saturated rings. The van der Waals surface area contributed by atoms with Crippen LogP contribution >= 0.6 is 22.6 Å². The second-order valence-electron chi connectivity index (χ2n) is 3.32. The standard InChI is InChI=1S/C12H9FIN/c1-8-6-11(14)12(15-7-8)9-4-2-3-5-10(9)13/h2-7H,1H3. The molecule has 1 nitrogen and oxygen atoms in total. The molecule has 2 aromatic rings. The van der Waals surface area contributed by atoms with Crippen molar-refractivity contribution in [2.75, 3.05) is 0 Å². The van der Waals surface area contributed by atoms with Crippen LogP contribution in [0, 0.1) is 16.3 Å². The number of hydrogen-bond acceptors (Lipinski definition) is 1. The Morgan fingerprint density at radius 3 is 2.67 bits per heavy atom. The van der Waals surface area contributed by atoms with Gasteiger partial charge in [-0.05, 0) is 53.3 Å². The van der Waals surface area contributed by atoms with Gasteiger partial charge >= 0.3 is 0 Å². The Kier molecular flexibility index (Phi) is 3.00. The molecule has 1 aromatic carbocycles. The zero-order valence-electron chi connectivity index (χ0n) is 8.17. The summed E-state index contributed by atoms with van der Waals surface area (Å²) < 4.78 is 14.5. The third-order valence-corrected chi connectivity index (χ3v) is 2.93. The summed E-state index contributed by atoms with van der Waals surface area (Å²) in [6.07, 6.45) is 1.75. The largest absolute Gasteiger partial charge is 0.255 e. The number of hydrogen-bond donors (Lipinski definition) is 0. The van der Waals surface area contributed by atoms with Crippen LogP contribution in [0.4, 0.5) is 4.39 Å². The summed E-state index contributed by atoms with van der Waals surface area (Å²) in [6.45, 7) is 1.97. The van der Waals surface area contributed by atoms with Gasteiger partial charge in [0.15, 0.2) is 0 Å². The molecule has 0 aliphatic heterocycles. The van der Waals surface area contributed by atoms with E-state index in [4.69, 9.17) is 0 Å². The highest BCUT2D eigenvalue weighted by atomic mass is 127. The van der Waals surface area contributed by atoms with Crippen molar-refractivity contribution in [3.05, 3.63) is 51.5 Å². The molecule has 0 N–H and O–H groups in total. The van der Waals surface area contributed by atoms with E-state index in [0.717, 1.165) is 9.13 Å². The molecule has 0 aliphatic carbocycles. The topological polar surface area (TPSA) is 12.9 Å². The van der Waals surface area contributed by atoms with Gasteiger partial charge in [0.1, 0.15) is 5.82 Å². The fourth-order valence-corrected chi connectivity index (χ4v) is 2.31. The smallest absolute Gasteiger partial charge is 0.132 e. The van der Waals surface area contributed by atoms with Crippen LogP contribution in [0.3, 0.4) is 0 Å². The molecule has 0 radical (unpaired) electrons. The zero-order valence-corrected chi connectivity index (χ0v) is 10.3. The van der Waals surface area contributed by atoms with Crippen molar-refractivity contribution < 1.29 is 4.39 Å². The lowest BCUT2D eigenvalue weighted by Crippen LogP contribution is -1.91. The number of halogens is 2. The lowest BCUT2D eigenvalue weighted by molar-refractivity contribution is 0.630. The Morgan fingerprint density at radius 1 is 1.27 bits per heavy atom. The van der Waals surface area contributed by atoms with Crippen LogP contribution in [0.5, 0.6) is 0 Å². The van der Waals surface area contributed by atoms with Crippen molar-refractivity contribution in [1.29, 1.82) is 0 Å². The van der Waals surface area contributed by atoms with E-state index in [9.17, 15) is 4.39 Å². The Bertz CT molecular complexity index is 497. The predicted molar refractivity (Wildman–Crippen MR) is 67.1 cm³/mol. The second kappa shape index (κ2) is 4.26. The lowest BCUT2D eigenvalue weighted by atomic mass is 10.1. The van der Waals surface area contributed by atoms with Gasteiger partial charge in [-0.3, -0.25) is 4.98 Å². The molecular weight excluding hydrogens is 304 g/mol. The summed E-state index contributed by atoms with van der Waals surface area (Å²) in [5.41, 5.74) is 2.35. The number of nitrogens with zero attached hydrogens (tertiary/aromatic N) is 1. The van der Waals surface area contributed by atoms with Gasteiger partial charge in [-0.25, -0.2) is 4.39 Å². The summed E-state index contributed by atoms with van der Waals surface area (Å²) in [5.74, 6) is -0.230. The van der Waals surface area contributed by atoms with Gasteiger partial charge < -0.3 is 0 Å². The Morgan fingerprint density at radius 2 is 2.00 bits per heavy atom. The molecular formula is C12H9FIN. The minimum absolute atomic E-state index is 0.230. The third-order valence-electron chi connectivity index (χ3n) is 2.11. The van der Waals surface area contributed by atoms with E-state index in [0.29, 0.717) is 11.3 Å². The van der Waals surface area contributed by atoms with Gasteiger partial charge in [0.2, 0.25) is 0 Å². The highest BCUT2D eigenvalue weighted by molar-refractivity contribution is 14.1. The van der Waals surface area contributed by atoms with Crippen molar-refractivity contribution >= 4 is 22.6 Å². The van der Waals surface area contributed by atoms with Crippen LogP contribution in [0.25, 0.3) is 11.3 Å². The highest BCUT2D eigenvalue weighted by Gasteiger charge is 2.08. The number of aryl methyl sites for hydroxylation is 1. The summed E-state index contributed by atoms with van der Waals surface area (Å²) in [5, 5.41) is 0. The van der Waals surface area contributed by atoms with Gasteiger partial charge in [-0.2, -0.15) is 0 Å². The quantitative estimate of drug-likeness (QED) is 0.730. The van der Waals surface area contributed by atoms with Crippen LogP contribution in [-0.4, -0.2) is 4.98 Å². The maximum atomic E-state index is 13.5. The van der Waals surface area contributed by atoms with Gasteiger partial charge in [-0.15, -0.1) is 0 Å². The molecule has 0 unspecified atom stereocenters. The predicted octanol–water partition coefficient (Wildman–Crippen LogP) is 3.80. The van der Waals surface area contributed by atoms with Crippen molar-refractivity contribution in [3.8, 4) is 11.3 Å².